The third-order valence-electron chi connectivity index (χ3n) is 3.14. The summed E-state index contributed by atoms with van der Waals surface area (Å²) in [5.41, 5.74) is 2.43. The van der Waals surface area contributed by atoms with E-state index in [0.717, 1.165) is 19.1 Å². The molecule has 3 nitrogen and oxygen atoms in total. The molecule has 0 saturated heterocycles. The molecule has 17 heavy (non-hydrogen) atoms. The van der Waals surface area contributed by atoms with Crippen LogP contribution in [-0.4, -0.2) is 22.1 Å². The molecule has 1 saturated carbocycles. The van der Waals surface area contributed by atoms with Crippen molar-refractivity contribution in [1.29, 1.82) is 0 Å². The van der Waals surface area contributed by atoms with E-state index in [1.54, 1.807) is 0 Å². The van der Waals surface area contributed by atoms with Crippen molar-refractivity contribution >= 4 is 0 Å². The molecule has 88 valence electrons. The molecule has 1 aliphatic carbocycles. The van der Waals surface area contributed by atoms with Crippen molar-refractivity contribution < 1.29 is 0 Å². The van der Waals surface area contributed by atoms with E-state index < -0.39 is 0 Å². The van der Waals surface area contributed by atoms with E-state index in [9.17, 15) is 0 Å². The minimum absolute atomic E-state index is 0.777. The van der Waals surface area contributed by atoms with Gasteiger partial charge in [0.2, 0.25) is 0 Å². The normalized spacial score (nSPS) is 15.1. The number of benzene rings is 1. The Hall–Kier alpha value is -1.61. The largest absolute Gasteiger partial charge is 0.329 e. The van der Waals surface area contributed by atoms with Crippen LogP contribution in [0.25, 0.3) is 11.3 Å². The second kappa shape index (κ2) is 4.72. The zero-order valence-electron chi connectivity index (χ0n) is 9.84. The maximum Gasteiger partial charge on any atom is 0.0951 e. The Kier molecular flexibility index (Phi) is 2.92. The van der Waals surface area contributed by atoms with Crippen LogP contribution in [0.15, 0.2) is 42.9 Å². The Morgan fingerprint density at radius 2 is 2.06 bits per heavy atom. The first-order chi connectivity index (χ1) is 8.43. The monoisotopic (exact) mass is 227 g/mol. The molecule has 0 radical (unpaired) electrons. The summed E-state index contributed by atoms with van der Waals surface area (Å²) in [6.45, 7) is 2.02. The number of aromatic nitrogens is 2. The minimum Gasteiger partial charge on any atom is -0.329 e. The molecule has 2 aromatic rings. The van der Waals surface area contributed by atoms with E-state index in [0.29, 0.717) is 0 Å². The molecule has 3 heteroatoms. The number of hydrogen-bond acceptors (Lipinski definition) is 2. The Morgan fingerprint density at radius 1 is 1.24 bits per heavy atom. The molecule has 1 fully saturated rings. The molecule has 0 amide bonds. The summed E-state index contributed by atoms with van der Waals surface area (Å²) >= 11 is 0. The number of nitrogens with one attached hydrogen (secondary N) is 1. The van der Waals surface area contributed by atoms with Gasteiger partial charge in [-0.05, 0) is 18.4 Å². The summed E-state index contributed by atoms with van der Waals surface area (Å²) in [4.78, 5) is 4.25. The van der Waals surface area contributed by atoms with Crippen LogP contribution in [0.2, 0.25) is 0 Å². The van der Waals surface area contributed by atoms with Crippen LogP contribution in [0, 0.1) is 0 Å². The zero-order chi connectivity index (χ0) is 11.5. The average Bonchev–Trinajstić information content (AvgIpc) is 3.07. The molecule has 1 aromatic heterocycles. The minimum atomic E-state index is 0.777. The van der Waals surface area contributed by atoms with Crippen molar-refractivity contribution in [3.63, 3.8) is 0 Å². The van der Waals surface area contributed by atoms with Crippen molar-refractivity contribution in [2.45, 2.75) is 25.4 Å². The Bertz CT molecular complexity index is 471. The maximum atomic E-state index is 4.25. The van der Waals surface area contributed by atoms with Gasteiger partial charge < -0.3 is 9.88 Å². The molecule has 1 heterocycles. The van der Waals surface area contributed by atoms with Crippen LogP contribution >= 0.6 is 0 Å². The van der Waals surface area contributed by atoms with Gasteiger partial charge in [0.05, 0.1) is 18.2 Å². The lowest BCUT2D eigenvalue weighted by atomic mass is 10.2. The van der Waals surface area contributed by atoms with Gasteiger partial charge in [-0.3, -0.25) is 0 Å². The fraction of sp³-hybridized carbons (Fsp3) is 0.357. The van der Waals surface area contributed by atoms with Crippen LogP contribution in [-0.2, 0) is 6.54 Å². The van der Waals surface area contributed by atoms with Gasteiger partial charge >= 0.3 is 0 Å². The summed E-state index contributed by atoms with van der Waals surface area (Å²) in [7, 11) is 0. The summed E-state index contributed by atoms with van der Waals surface area (Å²) in [6.07, 6.45) is 6.54. The standard InChI is InChI=1S/C14H17N3/c1-2-4-12(5-3-1)14-10-15-11-17(14)9-8-16-13-6-7-13/h1-5,10-11,13,16H,6-9H2. The lowest BCUT2D eigenvalue weighted by molar-refractivity contribution is 0.598. The highest BCUT2D eigenvalue weighted by Crippen LogP contribution is 2.19. The summed E-state index contributed by atoms with van der Waals surface area (Å²) in [5.74, 6) is 0. The summed E-state index contributed by atoms with van der Waals surface area (Å²) < 4.78 is 2.21. The van der Waals surface area contributed by atoms with Gasteiger partial charge in [-0.1, -0.05) is 30.3 Å². The SMILES string of the molecule is c1ccc(-c2cncn2CCNC2CC2)cc1. The molecule has 3 rings (SSSR count). The topological polar surface area (TPSA) is 29.9 Å². The molecule has 0 spiro atoms. The van der Waals surface area contributed by atoms with Gasteiger partial charge in [-0.25, -0.2) is 4.98 Å². The maximum absolute atomic E-state index is 4.25. The Morgan fingerprint density at radius 3 is 2.82 bits per heavy atom. The first-order valence-electron chi connectivity index (χ1n) is 6.22. The predicted octanol–water partition coefficient (Wildman–Crippen LogP) is 2.30. The van der Waals surface area contributed by atoms with E-state index in [1.165, 1.54) is 24.1 Å². The van der Waals surface area contributed by atoms with Crippen molar-refractivity contribution in [2.75, 3.05) is 6.54 Å². The van der Waals surface area contributed by atoms with Crippen LogP contribution in [0.1, 0.15) is 12.8 Å². The van der Waals surface area contributed by atoms with E-state index in [1.807, 2.05) is 18.6 Å². The Balaban J connectivity index is 1.70. The molecular formula is C14H17N3. The molecule has 0 bridgehead atoms. The molecule has 1 N–H and O–H groups in total. The van der Waals surface area contributed by atoms with Gasteiger partial charge in [0.15, 0.2) is 0 Å². The molecule has 1 aliphatic rings. The van der Waals surface area contributed by atoms with E-state index >= 15 is 0 Å². The lowest BCUT2D eigenvalue weighted by Gasteiger charge is -2.08. The Labute approximate surface area is 101 Å². The summed E-state index contributed by atoms with van der Waals surface area (Å²) in [6, 6.07) is 11.2. The number of nitrogens with zero attached hydrogens (tertiary/aromatic N) is 2. The predicted molar refractivity (Wildman–Crippen MR) is 68.7 cm³/mol. The second-order valence-corrected chi connectivity index (χ2v) is 4.57. The highest BCUT2D eigenvalue weighted by atomic mass is 15.1. The lowest BCUT2D eigenvalue weighted by Crippen LogP contribution is -2.21. The van der Waals surface area contributed by atoms with Crippen molar-refractivity contribution in [1.82, 2.24) is 14.9 Å². The van der Waals surface area contributed by atoms with Crippen molar-refractivity contribution in [2.24, 2.45) is 0 Å². The van der Waals surface area contributed by atoms with Gasteiger partial charge in [0.1, 0.15) is 0 Å². The van der Waals surface area contributed by atoms with Crippen molar-refractivity contribution in [3.05, 3.63) is 42.9 Å². The number of hydrogen-bond donors (Lipinski definition) is 1. The molecule has 1 aromatic carbocycles. The molecular weight excluding hydrogens is 210 g/mol. The smallest absolute Gasteiger partial charge is 0.0951 e. The highest BCUT2D eigenvalue weighted by Gasteiger charge is 2.19. The quantitative estimate of drug-likeness (QED) is 0.849. The molecule has 0 unspecified atom stereocenters. The number of imidazole rings is 1. The van der Waals surface area contributed by atoms with Crippen molar-refractivity contribution in [3.8, 4) is 11.3 Å². The third-order valence-corrected chi connectivity index (χ3v) is 3.14. The van der Waals surface area contributed by atoms with Crippen LogP contribution in [0.5, 0.6) is 0 Å². The van der Waals surface area contributed by atoms with Crippen LogP contribution in [0.4, 0.5) is 0 Å². The fourth-order valence-electron chi connectivity index (χ4n) is 2.02. The first kappa shape index (κ1) is 10.5. The zero-order valence-corrected chi connectivity index (χ0v) is 9.84. The van der Waals surface area contributed by atoms with Gasteiger partial charge in [0.25, 0.3) is 0 Å². The van der Waals surface area contributed by atoms with Crippen LogP contribution < -0.4 is 5.32 Å². The van der Waals surface area contributed by atoms with Crippen LogP contribution in [0.3, 0.4) is 0 Å². The fourth-order valence-corrected chi connectivity index (χ4v) is 2.02. The van der Waals surface area contributed by atoms with E-state index in [-0.39, 0.29) is 0 Å². The third kappa shape index (κ3) is 2.56. The molecule has 0 atom stereocenters. The van der Waals surface area contributed by atoms with Gasteiger partial charge in [-0.2, -0.15) is 0 Å². The highest BCUT2D eigenvalue weighted by molar-refractivity contribution is 5.58. The van der Waals surface area contributed by atoms with Gasteiger partial charge in [0, 0.05) is 19.1 Å². The van der Waals surface area contributed by atoms with Gasteiger partial charge in [-0.15, -0.1) is 0 Å². The summed E-state index contributed by atoms with van der Waals surface area (Å²) in [5, 5.41) is 3.52. The second-order valence-electron chi connectivity index (χ2n) is 4.57. The molecule has 0 aliphatic heterocycles. The average molecular weight is 227 g/mol. The first-order valence-corrected chi connectivity index (χ1v) is 6.22. The van der Waals surface area contributed by atoms with E-state index in [4.69, 9.17) is 0 Å². The number of rotatable bonds is 5. The van der Waals surface area contributed by atoms with E-state index in [2.05, 4.69) is 39.1 Å².